The van der Waals surface area contributed by atoms with Crippen molar-refractivity contribution in [3.05, 3.63) is 54.2 Å². The first kappa shape index (κ1) is 12.0. The van der Waals surface area contributed by atoms with Crippen LogP contribution < -0.4 is 9.80 Å². The molecule has 0 N–H and O–H groups in total. The van der Waals surface area contributed by atoms with Crippen LogP contribution in [0.2, 0.25) is 0 Å². The van der Waals surface area contributed by atoms with Gasteiger partial charge in [-0.15, -0.1) is 0 Å². The van der Waals surface area contributed by atoms with Gasteiger partial charge in [-0.1, -0.05) is 24.3 Å². The number of para-hydroxylation sites is 1. The highest BCUT2D eigenvalue weighted by Gasteiger charge is 2.17. The molecule has 0 atom stereocenters. The Bertz CT molecular complexity index is 531. The lowest BCUT2D eigenvalue weighted by molar-refractivity contribution is 0.647. The fourth-order valence-electron chi connectivity index (χ4n) is 2.54. The van der Waals surface area contributed by atoms with Crippen molar-refractivity contribution in [1.29, 1.82) is 0 Å². The van der Waals surface area contributed by atoms with E-state index in [2.05, 4.69) is 57.2 Å². The lowest BCUT2D eigenvalue weighted by Crippen LogP contribution is -2.46. The minimum Gasteiger partial charge on any atom is -0.368 e. The number of piperazine rings is 1. The number of anilines is 2. The van der Waals surface area contributed by atoms with Crippen molar-refractivity contribution in [3.63, 3.8) is 0 Å². The second kappa shape index (κ2) is 5.31. The lowest BCUT2D eigenvalue weighted by atomic mass is 10.2. The molecule has 0 bridgehead atoms. The molecule has 2 aromatic rings. The number of aromatic nitrogens is 1. The predicted octanol–water partition coefficient (Wildman–Crippen LogP) is 2.72. The zero-order chi connectivity index (χ0) is 13.1. The van der Waals surface area contributed by atoms with E-state index >= 15 is 0 Å². The van der Waals surface area contributed by atoms with Gasteiger partial charge in [0.05, 0.1) is 0 Å². The van der Waals surface area contributed by atoms with Crippen molar-refractivity contribution in [3.8, 4) is 0 Å². The van der Waals surface area contributed by atoms with Gasteiger partial charge >= 0.3 is 0 Å². The SMILES string of the molecule is Cc1cccc(N2CCN(c3ccccc3)CC2)n1. The molecule has 1 aliphatic heterocycles. The fourth-order valence-corrected chi connectivity index (χ4v) is 2.54. The first-order valence-corrected chi connectivity index (χ1v) is 6.81. The highest BCUT2D eigenvalue weighted by atomic mass is 15.3. The molecule has 98 valence electrons. The highest BCUT2D eigenvalue weighted by Crippen LogP contribution is 2.18. The average molecular weight is 253 g/mol. The Morgan fingerprint density at radius 2 is 1.47 bits per heavy atom. The molecule has 1 fully saturated rings. The summed E-state index contributed by atoms with van der Waals surface area (Å²) in [6.45, 7) is 6.22. The Hall–Kier alpha value is -2.03. The van der Waals surface area contributed by atoms with Crippen LogP contribution in [-0.4, -0.2) is 31.2 Å². The molecule has 0 unspecified atom stereocenters. The minimum absolute atomic E-state index is 1.03. The van der Waals surface area contributed by atoms with Crippen LogP contribution in [0.25, 0.3) is 0 Å². The summed E-state index contributed by atoms with van der Waals surface area (Å²) in [7, 11) is 0. The summed E-state index contributed by atoms with van der Waals surface area (Å²) >= 11 is 0. The maximum atomic E-state index is 4.60. The van der Waals surface area contributed by atoms with Gasteiger partial charge in [-0.25, -0.2) is 4.98 Å². The Balaban J connectivity index is 1.67. The number of nitrogens with zero attached hydrogens (tertiary/aromatic N) is 3. The molecular formula is C16H19N3. The van der Waals surface area contributed by atoms with Crippen LogP contribution in [0.4, 0.5) is 11.5 Å². The van der Waals surface area contributed by atoms with E-state index in [1.165, 1.54) is 5.69 Å². The van der Waals surface area contributed by atoms with Crippen LogP contribution in [0.3, 0.4) is 0 Å². The number of benzene rings is 1. The molecule has 0 radical (unpaired) electrons. The second-order valence-corrected chi connectivity index (χ2v) is 4.95. The predicted molar refractivity (Wildman–Crippen MR) is 79.8 cm³/mol. The number of aryl methyl sites for hydroxylation is 1. The Kier molecular flexibility index (Phi) is 3.36. The van der Waals surface area contributed by atoms with Crippen LogP contribution in [-0.2, 0) is 0 Å². The normalized spacial score (nSPS) is 15.6. The third-order valence-corrected chi connectivity index (χ3v) is 3.60. The number of pyridine rings is 1. The van der Waals surface area contributed by atoms with Crippen LogP contribution >= 0.6 is 0 Å². The summed E-state index contributed by atoms with van der Waals surface area (Å²) in [6.07, 6.45) is 0. The molecule has 0 spiro atoms. The molecule has 0 aliphatic carbocycles. The Morgan fingerprint density at radius 1 is 0.789 bits per heavy atom. The maximum absolute atomic E-state index is 4.60. The van der Waals surface area contributed by atoms with E-state index in [4.69, 9.17) is 0 Å². The first-order valence-electron chi connectivity index (χ1n) is 6.81. The van der Waals surface area contributed by atoms with Gasteiger partial charge in [-0.3, -0.25) is 0 Å². The molecule has 1 aliphatic rings. The third-order valence-electron chi connectivity index (χ3n) is 3.60. The van der Waals surface area contributed by atoms with Crippen LogP contribution in [0.1, 0.15) is 5.69 Å². The lowest BCUT2D eigenvalue weighted by Gasteiger charge is -2.36. The van der Waals surface area contributed by atoms with E-state index in [0.717, 1.165) is 37.7 Å². The third kappa shape index (κ3) is 2.70. The van der Waals surface area contributed by atoms with Crippen molar-refractivity contribution in [2.24, 2.45) is 0 Å². The number of hydrogen-bond donors (Lipinski definition) is 0. The molecule has 3 rings (SSSR count). The van der Waals surface area contributed by atoms with Crippen LogP contribution in [0, 0.1) is 6.92 Å². The van der Waals surface area contributed by atoms with Gasteiger partial charge in [0.1, 0.15) is 5.82 Å². The second-order valence-electron chi connectivity index (χ2n) is 4.95. The van der Waals surface area contributed by atoms with E-state index in [1.807, 2.05) is 13.0 Å². The minimum atomic E-state index is 1.03. The van der Waals surface area contributed by atoms with Gasteiger partial charge in [0.15, 0.2) is 0 Å². The molecule has 3 heteroatoms. The van der Waals surface area contributed by atoms with E-state index < -0.39 is 0 Å². The van der Waals surface area contributed by atoms with Gasteiger partial charge in [0, 0.05) is 37.6 Å². The number of hydrogen-bond acceptors (Lipinski definition) is 3. The molecule has 19 heavy (non-hydrogen) atoms. The zero-order valence-electron chi connectivity index (χ0n) is 11.3. The largest absolute Gasteiger partial charge is 0.368 e. The molecule has 2 heterocycles. The molecular weight excluding hydrogens is 234 g/mol. The molecule has 1 aromatic heterocycles. The summed E-state index contributed by atoms with van der Waals surface area (Å²) in [5.74, 6) is 1.10. The number of rotatable bonds is 2. The summed E-state index contributed by atoms with van der Waals surface area (Å²) in [4.78, 5) is 9.41. The van der Waals surface area contributed by atoms with Crippen molar-refractivity contribution in [2.45, 2.75) is 6.92 Å². The quantitative estimate of drug-likeness (QED) is 0.820. The smallest absolute Gasteiger partial charge is 0.128 e. The highest BCUT2D eigenvalue weighted by molar-refractivity contribution is 5.49. The van der Waals surface area contributed by atoms with Gasteiger partial charge in [0.2, 0.25) is 0 Å². The molecule has 0 amide bonds. The van der Waals surface area contributed by atoms with Crippen molar-refractivity contribution in [2.75, 3.05) is 36.0 Å². The molecule has 3 nitrogen and oxygen atoms in total. The zero-order valence-corrected chi connectivity index (χ0v) is 11.3. The van der Waals surface area contributed by atoms with Gasteiger partial charge in [0.25, 0.3) is 0 Å². The van der Waals surface area contributed by atoms with E-state index in [-0.39, 0.29) is 0 Å². The standard InChI is InChI=1S/C16H19N3/c1-14-6-5-9-16(17-14)19-12-10-18(11-13-19)15-7-3-2-4-8-15/h2-9H,10-13H2,1H3. The van der Waals surface area contributed by atoms with E-state index in [9.17, 15) is 0 Å². The van der Waals surface area contributed by atoms with Crippen LogP contribution in [0.5, 0.6) is 0 Å². The van der Waals surface area contributed by atoms with Crippen LogP contribution in [0.15, 0.2) is 48.5 Å². The summed E-state index contributed by atoms with van der Waals surface area (Å²) in [5.41, 5.74) is 2.40. The fraction of sp³-hybridized carbons (Fsp3) is 0.312. The molecule has 0 saturated carbocycles. The van der Waals surface area contributed by atoms with Gasteiger partial charge < -0.3 is 9.80 Å². The maximum Gasteiger partial charge on any atom is 0.128 e. The molecule has 1 aromatic carbocycles. The summed E-state index contributed by atoms with van der Waals surface area (Å²) in [6, 6.07) is 16.9. The summed E-state index contributed by atoms with van der Waals surface area (Å²) < 4.78 is 0. The summed E-state index contributed by atoms with van der Waals surface area (Å²) in [5, 5.41) is 0. The Labute approximate surface area is 114 Å². The topological polar surface area (TPSA) is 19.4 Å². The molecule has 1 saturated heterocycles. The first-order chi connectivity index (χ1) is 9.33. The average Bonchev–Trinajstić information content (AvgIpc) is 2.48. The monoisotopic (exact) mass is 253 g/mol. The van der Waals surface area contributed by atoms with Gasteiger partial charge in [-0.2, -0.15) is 0 Å². The van der Waals surface area contributed by atoms with Crippen molar-refractivity contribution < 1.29 is 0 Å². The van der Waals surface area contributed by atoms with Gasteiger partial charge in [-0.05, 0) is 31.2 Å². The van der Waals surface area contributed by atoms with E-state index in [0.29, 0.717) is 0 Å². The van der Waals surface area contributed by atoms with Crippen molar-refractivity contribution in [1.82, 2.24) is 4.98 Å². The van der Waals surface area contributed by atoms with E-state index in [1.54, 1.807) is 0 Å². The Morgan fingerprint density at radius 3 is 2.16 bits per heavy atom. The van der Waals surface area contributed by atoms with Crippen molar-refractivity contribution >= 4 is 11.5 Å².